The minimum atomic E-state index is -0.974. The van der Waals surface area contributed by atoms with Crippen molar-refractivity contribution in [2.24, 2.45) is 5.41 Å². The summed E-state index contributed by atoms with van der Waals surface area (Å²) >= 11 is 0. The first kappa shape index (κ1) is 19.0. The zero-order valence-corrected chi connectivity index (χ0v) is 15.1. The maximum Gasteiger partial charge on any atom is 0.228 e. The summed E-state index contributed by atoms with van der Waals surface area (Å²) in [7, 11) is 0. The number of amides is 1. The van der Waals surface area contributed by atoms with Crippen LogP contribution in [0.3, 0.4) is 0 Å². The van der Waals surface area contributed by atoms with Gasteiger partial charge < -0.3 is 15.5 Å². The molecule has 0 aliphatic heterocycles. The average Bonchev–Trinajstić information content (AvgIpc) is 2.60. The van der Waals surface area contributed by atoms with Gasteiger partial charge in [0.25, 0.3) is 0 Å². The van der Waals surface area contributed by atoms with Gasteiger partial charge in [-0.15, -0.1) is 0 Å². The van der Waals surface area contributed by atoms with E-state index in [1.54, 1.807) is 26.0 Å². The van der Waals surface area contributed by atoms with Crippen LogP contribution in [0.1, 0.15) is 44.4 Å². The van der Waals surface area contributed by atoms with Gasteiger partial charge in [-0.25, -0.2) is 0 Å². The van der Waals surface area contributed by atoms with E-state index in [2.05, 4.69) is 17.4 Å². The van der Waals surface area contributed by atoms with Crippen LogP contribution in [0.4, 0.5) is 0 Å². The predicted molar refractivity (Wildman–Crippen MR) is 99.2 cm³/mol. The third kappa shape index (κ3) is 5.07. The number of carbonyl (C=O) groups excluding carboxylic acids is 1. The first-order valence-corrected chi connectivity index (χ1v) is 8.62. The Kier molecular flexibility index (Phi) is 6.21. The summed E-state index contributed by atoms with van der Waals surface area (Å²) in [6.07, 6.45) is 0.777. The normalized spacial score (nSPS) is 13.9. The van der Waals surface area contributed by atoms with Crippen LogP contribution in [-0.2, 0) is 11.2 Å². The SMILES string of the molecule is C[C@@H](CCc1ccccc1)NC(=O)C(C)(C)[C@H](O)c1ccc(O)cc1. The Labute approximate surface area is 149 Å². The quantitative estimate of drug-likeness (QED) is 0.721. The smallest absolute Gasteiger partial charge is 0.228 e. The highest BCUT2D eigenvalue weighted by Gasteiger charge is 2.37. The Hall–Kier alpha value is -2.33. The van der Waals surface area contributed by atoms with E-state index >= 15 is 0 Å². The summed E-state index contributed by atoms with van der Waals surface area (Å²) in [5, 5.41) is 23.0. The van der Waals surface area contributed by atoms with Gasteiger partial charge in [0.2, 0.25) is 5.91 Å². The van der Waals surface area contributed by atoms with Crippen LogP contribution in [0.15, 0.2) is 54.6 Å². The highest BCUT2D eigenvalue weighted by Crippen LogP contribution is 2.34. The molecule has 0 radical (unpaired) electrons. The van der Waals surface area contributed by atoms with Gasteiger partial charge in [0.05, 0.1) is 11.5 Å². The van der Waals surface area contributed by atoms with Gasteiger partial charge in [-0.1, -0.05) is 42.5 Å². The Balaban J connectivity index is 1.94. The van der Waals surface area contributed by atoms with Crippen LogP contribution in [0.5, 0.6) is 5.75 Å². The number of aryl methyl sites for hydroxylation is 1. The molecule has 0 bridgehead atoms. The van der Waals surface area contributed by atoms with Crippen LogP contribution < -0.4 is 5.32 Å². The highest BCUT2D eigenvalue weighted by atomic mass is 16.3. The fourth-order valence-electron chi connectivity index (χ4n) is 2.71. The summed E-state index contributed by atoms with van der Waals surface area (Å²) < 4.78 is 0. The van der Waals surface area contributed by atoms with Crippen molar-refractivity contribution in [2.75, 3.05) is 0 Å². The topological polar surface area (TPSA) is 69.6 Å². The summed E-state index contributed by atoms with van der Waals surface area (Å²) in [5.74, 6) is -0.0543. The molecule has 0 spiro atoms. The number of rotatable bonds is 7. The maximum absolute atomic E-state index is 12.6. The van der Waals surface area contributed by atoms with Crippen LogP contribution >= 0.6 is 0 Å². The maximum atomic E-state index is 12.6. The molecule has 2 aromatic rings. The van der Waals surface area contributed by atoms with Gasteiger partial charge in [-0.2, -0.15) is 0 Å². The molecule has 2 atom stereocenters. The molecule has 0 saturated heterocycles. The lowest BCUT2D eigenvalue weighted by molar-refractivity contribution is -0.136. The minimum absolute atomic E-state index is 0.0130. The first-order chi connectivity index (χ1) is 11.8. The molecule has 0 aliphatic carbocycles. The van der Waals surface area contributed by atoms with Gasteiger partial charge >= 0.3 is 0 Å². The van der Waals surface area contributed by atoms with E-state index in [0.29, 0.717) is 5.56 Å². The molecular weight excluding hydrogens is 314 g/mol. The second-order valence-electron chi connectivity index (χ2n) is 7.11. The van der Waals surface area contributed by atoms with Crippen LogP contribution in [0.25, 0.3) is 0 Å². The van der Waals surface area contributed by atoms with Crippen molar-refractivity contribution < 1.29 is 15.0 Å². The van der Waals surface area contributed by atoms with Crippen molar-refractivity contribution in [3.8, 4) is 5.75 Å². The van der Waals surface area contributed by atoms with E-state index in [1.807, 2.05) is 25.1 Å². The number of phenols is 1. The third-order valence-corrected chi connectivity index (χ3v) is 4.56. The zero-order valence-electron chi connectivity index (χ0n) is 15.1. The molecule has 0 heterocycles. The molecule has 0 saturated carbocycles. The van der Waals surface area contributed by atoms with Crippen molar-refractivity contribution in [1.82, 2.24) is 5.32 Å². The standard InChI is InChI=1S/C21H27NO3/c1-15(9-10-16-7-5-4-6-8-16)22-20(25)21(2,3)19(24)17-11-13-18(23)14-12-17/h4-8,11-15,19,23-24H,9-10H2,1-3H3,(H,22,25)/t15-,19+/m0/s1. The molecule has 2 rings (SSSR count). The average molecular weight is 341 g/mol. The third-order valence-electron chi connectivity index (χ3n) is 4.56. The molecule has 0 fully saturated rings. The number of aliphatic hydroxyl groups is 1. The fraction of sp³-hybridized carbons (Fsp3) is 0.381. The Morgan fingerprint density at radius 1 is 1.08 bits per heavy atom. The van der Waals surface area contributed by atoms with E-state index in [4.69, 9.17) is 0 Å². The molecular formula is C21H27NO3. The molecule has 0 aliphatic rings. The number of aromatic hydroxyl groups is 1. The lowest BCUT2D eigenvalue weighted by atomic mass is 9.81. The summed E-state index contributed by atoms with van der Waals surface area (Å²) in [6.45, 7) is 5.43. The molecule has 4 nitrogen and oxygen atoms in total. The van der Waals surface area contributed by atoms with Gasteiger partial charge in [0.15, 0.2) is 0 Å². The molecule has 0 unspecified atom stereocenters. The largest absolute Gasteiger partial charge is 0.508 e. The number of hydrogen-bond acceptors (Lipinski definition) is 3. The number of benzene rings is 2. The number of carbonyl (C=O) groups is 1. The molecule has 1 amide bonds. The fourth-order valence-corrected chi connectivity index (χ4v) is 2.71. The lowest BCUT2D eigenvalue weighted by Gasteiger charge is -2.31. The number of nitrogens with one attached hydrogen (secondary N) is 1. The van der Waals surface area contributed by atoms with E-state index < -0.39 is 11.5 Å². The van der Waals surface area contributed by atoms with Gasteiger partial charge in [0.1, 0.15) is 5.75 Å². The van der Waals surface area contributed by atoms with Crippen LogP contribution in [0.2, 0.25) is 0 Å². The molecule has 0 aromatic heterocycles. The highest BCUT2D eigenvalue weighted by molar-refractivity contribution is 5.83. The second-order valence-corrected chi connectivity index (χ2v) is 7.11. The first-order valence-electron chi connectivity index (χ1n) is 8.62. The summed E-state index contributed by atoms with van der Waals surface area (Å²) in [6, 6.07) is 16.5. The zero-order chi connectivity index (χ0) is 18.4. The number of aliphatic hydroxyl groups excluding tert-OH is 1. The van der Waals surface area contributed by atoms with E-state index in [-0.39, 0.29) is 17.7 Å². The van der Waals surface area contributed by atoms with E-state index in [0.717, 1.165) is 12.8 Å². The van der Waals surface area contributed by atoms with Crippen molar-refractivity contribution in [3.63, 3.8) is 0 Å². The summed E-state index contributed by atoms with van der Waals surface area (Å²) in [5.41, 5.74) is 0.875. The molecule has 25 heavy (non-hydrogen) atoms. The molecule has 2 aromatic carbocycles. The van der Waals surface area contributed by atoms with Gasteiger partial charge in [0, 0.05) is 6.04 Å². The van der Waals surface area contributed by atoms with Crippen LogP contribution in [-0.4, -0.2) is 22.2 Å². The predicted octanol–water partition coefficient (Wildman–Crippen LogP) is 3.59. The van der Waals surface area contributed by atoms with E-state index in [1.165, 1.54) is 17.7 Å². The molecule has 134 valence electrons. The molecule has 3 N–H and O–H groups in total. The van der Waals surface area contributed by atoms with Crippen molar-refractivity contribution in [3.05, 3.63) is 65.7 Å². The Bertz CT molecular complexity index is 680. The van der Waals surface area contributed by atoms with Gasteiger partial charge in [-0.05, 0) is 56.9 Å². The van der Waals surface area contributed by atoms with E-state index in [9.17, 15) is 15.0 Å². The molecule has 4 heteroatoms. The van der Waals surface area contributed by atoms with Crippen molar-refractivity contribution in [1.29, 1.82) is 0 Å². The van der Waals surface area contributed by atoms with Crippen molar-refractivity contribution >= 4 is 5.91 Å². The van der Waals surface area contributed by atoms with Crippen LogP contribution in [0, 0.1) is 5.41 Å². The number of phenolic OH excluding ortho intramolecular Hbond substituents is 1. The lowest BCUT2D eigenvalue weighted by Crippen LogP contribution is -2.44. The second kappa shape index (κ2) is 8.17. The minimum Gasteiger partial charge on any atom is -0.508 e. The van der Waals surface area contributed by atoms with Crippen molar-refractivity contribution in [2.45, 2.75) is 45.8 Å². The monoisotopic (exact) mass is 341 g/mol. The Morgan fingerprint density at radius 3 is 2.28 bits per heavy atom. The van der Waals surface area contributed by atoms with Gasteiger partial charge in [-0.3, -0.25) is 4.79 Å². The summed E-state index contributed by atoms with van der Waals surface area (Å²) in [4.78, 5) is 12.6. The Morgan fingerprint density at radius 2 is 1.68 bits per heavy atom. The number of hydrogen-bond donors (Lipinski definition) is 3.